The minimum atomic E-state index is -3.98. The monoisotopic (exact) mass is 413 g/mol. The van der Waals surface area contributed by atoms with Crippen LogP contribution in [0.25, 0.3) is 10.2 Å². The number of sulfonamides is 1. The Labute approximate surface area is 159 Å². The maximum Gasteiger partial charge on any atom is 0.289 e. The van der Waals surface area contributed by atoms with E-state index in [1.54, 1.807) is 26.2 Å². The predicted octanol–water partition coefficient (Wildman–Crippen LogP) is 3.66. The molecule has 0 unspecified atom stereocenters. The lowest BCUT2D eigenvalue weighted by molar-refractivity contribution is 0.0795. The van der Waals surface area contributed by atoms with E-state index in [-0.39, 0.29) is 26.9 Å². The molecule has 0 saturated carbocycles. The van der Waals surface area contributed by atoms with E-state index < -0.39 is 15.9 Å². The van der Waals surface area contributed by atoms with Crippen molar-refractivity contribution in [3.8, 4) is 0 Å². The van der Waals surface area contributed by atoms with Gasteiger partial charge in [-0.15, -0.1) is 11.3 Å². The van der Waals surface area contributed by atoms with Crippen LogP contribution in [0, 0.1) is 13.8 Å². The van der Waals surface area contributed by atoms with Crippen molar-refractivity contribution in [3.05, 3.63) is 39.7 Å². The maximum absolute atomic E-state index is 12.8. The fourth-order valence-corrected chi connectivity index (χ4v) is 4.77. The number of aryl methyl sites for hydroxylation is 1. The summed E-state index contributed by atoms with van der Waals surface area (Å²) in [6, 6.07) is 3.25. The van der Waals surface area contributed by atoms with Crippen molar-refractivity contribution < 1.29 is 17.6 Å². The SMILES string of the molecule is Cc1nc2cc(Cl)c(NS(=O)(=O)c3coc(C(=O)N(C)C)c3C)cc2s1. The van der Waals surface area contributed by atoms with Crippen LogP contribution in [0.2, 0.25) is 5.02 Å². The molecule has 10 heteroatoms. The molecule has 3 aromatic rings. The topological polar surface area (TPSA) is 92.5 Å². The molecule has 0 aliphatic carbocycles. The van der Waals surface area contributed by atoms with Crippen LogP contribution in [-0.2, 0) is 10.0 Å². The molecule has 0 aliphatic heterocycles. The Morgan fingerprint density at radius 3 is 2.65 bits per heavy atom. The van der Waals surface area contributed by atoms with E-state index in [0.29, 0.717) is 5.52 Å². The van der Waals surface area contributed by atoms with Crippen molar-refractivity contribution >= 4 is 54.8 Å². The first-order chi connectivity index (χ1) is 12.1. The number of amides is 1. The number of carbonyl (C=O) groups excluding carboxylic acids is 1. The molecule has 2 aromatic heterocycles. The highest BCUT2D eigenvalue weighted by molar-refractivity contribution is 7.92. The highest BCUT2D eigenvalue weighted by atomic mass is 35.5. The molecule has 0 bridgehead atoms. The van der Waals surface area contributed by atoms with Crippen molar-refractivity contribution in [2.75, 3.05) is 18.8 Å². The van der Waals surface area contributed by atoms with Gasteiger partial charge < -0.3 is 9.32 Å². The van der Waals surface area contributed by atoms with Crippen LogP contribution in [-0.4, -0.2) is 38.3 Å². The van der Waals surface area contributed by atoms with Gasteiger partial charge >= 0.3 is 0 Å². The average Bonchev–Trinajstić information content (AvgIpc) is 3.08. The molecule has 2 heterocycles. The predicted molar refractivity (Wildman–Crippen MR) is 102 cm³/mol. The number of hydrogen-bond donors (Lipinski definition) is 1. The number of fused-ring (bicyclic) bond motifs is 1. The van der Waals surface area contributed by atoms with Gasteiger partial charge in [-0.05, 0) is 26.0 Å². The van der Waals surface area contributed by atoms with E-state index in [2.05, 4.69) is 9.71 Å². The Morgan fingerprint density at radius 1 is 1.31 bits per heavy atom. The Kier molecular flexibility index (Phi) is 4.72. The molecule has 0 fully saturated rings. The van der Waals surface area contributed by atoms with Crippen LogP contribution in [0.15, 0.2) is 27.7 Å². The number of thiazole rings is 1. The minimum absolute atomic E-state index is 0.0185. The molecule has 138 valence electrons. The second-order valence-electron chi connectivity index (χ2n) is 5.89. The molecule has 0 aliphatic rings. The first-order valence-electron chi connectivity index (χ1n) is 7.49. The molecular weight excluding hydrogens is 398 g/mol. The summed E-state index contributed by atoms with van der Waals surface area (Å²) in [5.41, 5.74) is 1.18. The van der Waals surface area contributed by atoms with Gasteiger partial charge in [0.15, 0.2) is 5.76 Å². The van der Waals surface area contributed by atoms with Gasteiger partial charge in [-0.1, -0.05) is 11.6 Å². The molecule has 3 rings (SSSR count). The van der Waals surface area contributed by atoms with Crippen LogP contribution < -0.4 is 4.72 Å². The maximum atomic E-state index is 12.8. The summed E-state index contributed by atoms with van der Waals surface area (Å²) >= 11 is 7.63. The number of aromatic nitrogens is 1. The summed E-state index contributed by atoms with van der Waals surface area (Å²) in [6.45, 7) is 3.38. The highest BCUT2D eigenvalue weighted by Gasteiger charge is 2.27. The fourth-order valence-electron chi connectivity index (χ4n) is 2.42. The zero-order valence-electron chi connectivity index (χ0n) is 14.5. The number of nitrogens with one attached hydrogen (secondary N) is 1. The number of anilines is 1. The van der Waals surface area contributed by atoms with E-state index >= 15 is 0 Å². The van der Waals surface area contributed by atoms with E-state index in [1.807, 2.05) is 6.92 Å². The molecule has 0 atom stereocenters. The molecule has 1 N–H and O–H groups in total. The number of carbonyl (C=O) groups is 1. The van der Waals surface area contributed by atoms with Gasteiger partial charge in [0, 0.05) is 19.7 Å². The number of furan rings is 1. The Balaban J connectivity index is 2.00. The standard InChI is InChI=1S/C16H16ClN3O4S2/c1-8-14(7-24-15(8)16(21)20(3)4)26(22,23)19-11-6-13-12(5-10(11)17)18-9(2)25-13/h5-7,19H,1-4H3. The first-order valence-corrected chi connectivity index (χ1v) is 10.2. The van der Waals surface area contributed by atoms with Gasteiger partial charge in [-0.2, -0.15) is 0 Å². The van der Waals surface area contributed by atoms with Gasteiger partial charge in [0.25, 0.3) is 15.9 Å². The first kappa shape index (κ1) is 18.7. The smallest absolute Gasteiger partial charge is 0.289 e. The Bertz CT molecular complexity index is 1120. The van der Waals surface area contributed by atoms with Crippen molar-refractivity contribution in [1.82, 2.24) is 9.88 Å². The van der Waals surface area contributed by atoms with E-state index in [4.69, 9.17) is 16.0 Å². The van der Waals surface area contributed by atoms with Crippen LogP contribution in [0.3, 0.4) is 0 Å². The molecule has 7 nitrogen and oxygen atoms in total. The summed E-state index contributed by atoms with van der Waals surface area (Å²) in [7, 11) is -0.865. The fraction of sp³-hybridized carbons (Fsp3) is 0.250. The zero-order valence-corrected chi connectivity index (χ0v) is 16.8. The molecule has 1 amide bonds. The number of halogens is 1. The summed E-state index contributed by atoms with van der Waals surface area (Å²) in [6.07, 6.45) is 1.05. The van der Waals surface area contributed by atoms with Crippen molar-refractivity contribution in [3.63, 3.8) is 0 Å². The minimum Gasteiger partial charge on any atom is -0.457 e. The van der Waals surface area contributed by atoms with Crippen LogP contribution in [0.5, 0.6) is 0 Å². The normalized spacial score (nSPS) is 11.7. The zero-order chi connectivity index (χ0) is 19.2. The highest BCUT2D eigenvalue weighted by Crippen LogP contribution is 2.33. The largest absolute Gasteiger partial charge is 0.457 e. The Morgan fingerprint density at radius 2 is 2.00 bits per heavy atom. The number of benzene rings is 1. The van der Waals surface area contributed by atoms with E-state index in [0.717, 1.165) is 16.0 Å². The van der Waals surface area contributed by atoms with Crippen LogP contribution in [0.1, 0.15) is 21.1 Å². The van der Waals surface area contributed by atoms with Gasteiger partial charge in [-0.25, -0.2) is 13.4 Å². The van der Waals surface area contributed by atoms with Crippen molar-refractivity contribution in [2.24, 2.45) is 0 Å². The van der Waals surface area contributed by atoms with E-state index in [9.17, 15) is 13.2 Å². The van der Waals surface area contributed by atoms with Crippen molar-refractivity contribution in [2.45, 2.75) is 18.7 Å². The van der Waals surface area contributed by atoms with Crippen molar-refractivity contribution in [1.29, 1.82) is 0 Å². The second kappa shape index (κ2) is 6.57. The van der Waals surface area contributed by atoms with Gasteiger partial charge in [0.1, 0.15) is 11.2 Å². The lowest BCUT2D eigenvalue weighted by atomic mass is 10.2. The van der Waals surface area contributed by atoms with Gasteiger partial charge in [0.05, 0.1) is 25.9 Å². The molecule has 26 heavy (non-hydrogen) atoms. The molecule has 0 radical (unpaired) electrons. The third-order valence-electron chi connectivity index (χ3n) is 3.71. The second-order valence-corrected chi connectivity index (χ2v) is 9.18. The third-order valence-corrected chi connectivity index (χ3v) is 6.43. The number of rotatable bonds is 4. The number of nitrogens with zero attached hydrogens (tertiary/aromatic N) is 2. The summed E-state index contributed by atoms with van der Waals surface area (Å²) in [5.74, 6) is -0.432. The molecular formula is C16H16ClN3O4S2. The Hall–Kier alpha value is -2.10. The third kappa shape index (κ3) is 3.29. The van der Waals surface area contributed by atoms with Crippen LogP contribution >= 0.6 is 22.9 Å². The van der Waals surface area contributed by atoms with Gasteiger partial charge in [0.2, 0.25) is 0 Å². The lowest BCUT2D eigenvalue weighted by Gasteiger charge is -2.10. The summed E-state index contributed by atoms with van der Waals surface area (Å²) in [5, 5.41) is 1.09. The molecule has 0 saturated heterocycles. The lowest BCUT2D eigenvalue weighted by Crippen LogP contribution is -2.22. The number of hydrogen-bond acceptors (Lipinski definition) is 6. The van der Waals surface area contributed by atoms with Crippen LogP contribution in [0.4, 0.5) is 5.69 Å². The molecule has 1 aromatic carbocycles. The quantitative estimate of drug-likeness (QED) is 0.704. The summed E-state index contributed by atoms with van der Waals surface area (Å²) in [4.78, 5) is 17.6. The molecule has 0 spiro atoms. The van der Waals surface area contributed by atoms with Gasteiger partial charge in [-0.3, -0.25) is 9.52 Å². The van der Waals surface area contributed by atoms with E-state index in [1.165, 1.54) is 23.2 Å². The summed E-state index contributed by atoms with van der Waals surface area (Å²) < 4.78 is 34.0. The average molecular weight is 414 g/mol.